The highest BCUT2D eigenvalue weighted by atomic mass is 16.3. The molecule has 0 bridgehead atoms. The molecule has 0 radical (unpaired) electrons. The quantitative estimate of drug-likeness (QED) is 0.912. The summed E-state index contributed by atoms with van der Waals surface area (Å²) in [5.41, 5.74) is 3.75. The first kappa shape index (κ1) is 14.6. The molecule has 0 saturated heterocycles. The van der Waals surface area contributed by atoms with Crippen molar-refractivity contribution in [3.8, 4) is 0 Å². The lowest BCUT2D eigenvalue weighted by molar-refractivity contribution is 0.0858. The van der Waals surface area contributed by atoms with Crippen molar-refractivity contribution in [2.24, 2.45) is 0 Å². The van der Waals surface area contributed by atoms with Crippen LogP contribution >= 0.6 is 0 Å². The molecule has 1 aliphatic carbocycles. The Bertz CT molecular complexity index is 680. The Hall–Kier alpha value is -2.33. The third-order valence-electron chi connectivity index (χ3n) is 4.14. The maximum absolute atomic E-state index is 12.4. The Kier molecular flexibility index (Phi) is 3.86. The van der Waals surface area contributed by atoms with E-state index in [9.17, 15) is 9.90 Å². The maximum atomic E-state index is 12.4. The Morgan fingerprint density at radius 2 is 1.82 bits per heavy atom. The normalized spacial score (nSPS) is 19.6. The topological polar surface area (TPSA) is 52.6 Å². The lowest BCUT2D eigenvalue weighted by Crippen LogP contribution is -2.33. The van der Waals surface area contributed by atoms with Crippen LogP contribution in [0.25, 0.3) is 0 Å². The zero-order valence-electron chi connectivity index (χ0n) is 12.8. The average molecular weight is 296 g/mol. The molecule has 2 atom stereocenters. The van der Waals surface area contributed by atoms with Crippen molar-refractivity contribution in [3.05, 3.63) is 65.2 Å². The minimum atomic E-state index is -0.567. The molecule has 3 rings (SSSR count). The molecule has 0 heterocycles. The number of nitrogens with zero attached hydrogens (tertiary/aromatic N) is 1. The van der Waals surface area contributed by atoms with Crippen LogP contribution < -0.4 is 10.2 Å². The van der Waals surface area contributed by atoms with Gasteiger partial charge in [0.1, 0.15) is 0 Å². The summed E-state index contributed by atoms with van der Waals surface area (Å²) >= 11 is 0. The summed E-state index contributed by atoms with van der Waals surface area (Å²) in [5.74, 6) is -0.161. The number of carbonyl (C=O) groups excluding carboxylic acids is 1. The highest BCUT2D eigenvalue weighted by Gasteiger charge is 2.31. The predicted molar refractivity (Wildman–Crippen MR) is 87.1 cm³/mol. The Balaban J connectivity index is 1.77. The molecule has 22 heavy (non-hydrogen) atoms. The Morgan fingerprint density at radius 3 is 2.50 bits per heavy atom. The van der Waals surface area contributed by atoms with Crippen LogP contribution in [0, 0.1) is 0 Å². The Labute approximate surface area is 130 Å². The first-order valence-electron chi connectivity index (χ1n) is 7.40. The monoisotopic (exact) mass is 296 g/mol. The first-order chi connectivity index (χ1) is 10.6. The number of hydrogen-bond acceptors (Lipinski definition) is 3. The van der Waals surface area contributed by atoms with Gasteiger partial charge in [-0.25, -0.2) is 0 Å². The van der Waals surface area contributed by atoms with Gasteiger partial charge in [-0.2, -0.15) is 0 Å². The predicted octanol–water partition coefficient (Wildman–Crippen LogP) is 2.14. The van der Waals surface area contributed by atoms with Crippen LogP contribution in [0.4, 0.5) is 5.69 Å². The van der Waals surface area contributed by atoms with E-state index in [0.29, 0.717) is 12.0 Å². The molecular formula is C18H20N2O2. The van der Waals surface area contributed by atoms with Crippen molar-refractivity contribution in [1.82, 2.24) is 5.32 Å². The van der Waals surface area contributed by atoms with E-state index >= 15 is 0 Å². The zero-order chi connectivity index (χ0) is 15.7. The summed E-state index contributed by atoms with van der Waals surface area (Å²) in [7, 11) is 3.92. The van der Waals surface area contributed by atoms with Gasteiger partial charge in [-0.05, 0) is 35.4 Å². The number of hydrogen-bond donors (Lipinski definition) is 2. The number of nitrogens with one attached hydrogen (secondary N) is 1. The van der Waals surface area contributed by atoms with Crippen LogP contribution in [-0.4, -0.2) is 31.2 Å². The number of anilines is 1. The van der Waals surface area contributed by atoms with Crippen LogP contribution in [0.5, 0.6) is 0 Å². The number of aliphatic hydroxyl groups excluding tert-OH is 1. The van der Waals surface area contributed by atoms with Crippen molar-refractivity contribution in [2.75, 3.05) is 19.0 Å². The highest BCUT2D eigenvalue weighted by molar-refractivity contribution is 5.95. The standard InChI is InChI=1S/C18H20N2O2/c1-20(2)14-9-7-12(8-10-14)18(22)19-17-15-6-4-3-5-13(15)11-16(17)21/h3-10,16-17,21H,11H2,1-2H3,(H,19,22). The smallest absolute Gasteiger partial charge is 0.251 e. The van der Waals surface area contributed by atoms with Crippen LogP contribution in [-0.2, 0) is 6.42 Å². The van der Waals surface area contributed by atoms with Gasteiger partial charge in [0.2, 0.25) is 0 Å². The fourth-order valence-electron chi connectivity index (χ4n) is 2.88. The average Bonchev–Trinajstić information content (AvgIpc) is 2.83. The van der Waals surface area contributed by atoms with Crippen LogP contribution in [0.15, 0.2) is 48.5 Å². The number of amides is 1. The number of benzene rings is 2. The fourth-order valence-corrected chi connectivity index (χ4v) is 2.88. The van der Waals surface area contributed by atoms with Gasteiger partial charge in [0.05, 0.1) is 12.1 Å². The van der Waals surface area contributed by atoms with Crippen LogP contribution in [0.1, 0.15) is 27.5 Å². The van der Waals surface area contributed by atoms with E-state index in [4.69, 9.17) is 0 Å². The molecule has 2 aromatic carbocycles. The van der Waals surface area contributed by atoms with E-state index in [1.54, 1.807) is 12.1 Å². The molecule has 0 aliphatic heterocycles. The SMILES string of the molecule is CN(C)c1ccc(C(=O)NC2c3ccccc3CC2O)cc1. The van der Waals surface area contributed by atoms with Gasteiger partial charge in [-0.15, -0.1) is 0 Å². The van der Waals surface area contributed by atoms with Crippen molar-refractivity contribution in [3.63, 3.8) is 0 Å². The summed E-state index contributed by atoms with van der Waals surface area (Å²) < 4.78 is 0. The number of fused-ring (bicyclic) bond motifs is 1. The van der Waals surface area contributed by atoms with Gasteiger partial charge in [0, 0.05) is 31.8 Å². The van der Waals surface area contributed by atoms with Gasteiger partial charge in [-0.3, -0.25) is 4.79 Å². The van der Waals surface area contributed by atoms with Crippen LogP contribution in [0.3, 0.4) is 0 Å². The molecule has 2 aromatic rings. The highest BCUT2D eigenvalue weighted by Crippen LogP contribution is 2.31. The van der Waals surface area contributed by atoms with Gasteiger partial charge in [0.15, 0.2) is 0 Å². The van der Waals surface area contributed by atoms with Gasteiger partial charge >= 0.3 is 0 Å². The molecule has 4 nitrogen and oxygen atoms in total. The minimum Gasteiger partial charge on any atom is -0.390 e. The second-order valence-electron chi connectivity index (χ2n) is 5.86. The third-order valence-corrected chi connectivity index (χ3v) is 4.14. The Morgan fingerprint density at radius 1 is 1.14 bits per heavy atom. The van der Waals surface area contributed by atoms with Crippen molar-refractivity contribution >= 4 is 11.6 Å². The molecule has 114 valence electrons. The van der Waals surface area contributed by atoms with E-state index in [1.807, 2.05) is 55.4 Å². The van der Waals surface area contributed by atoms with Crippen molar-refractivity contribution in [2.45, 2.75) is 18.6 Å². The second-order valence-corrected chi connectivity index (χ2v) is 5.86. The minimum absolute atomic E-state index is 0.161. The van der Waals surface area contributed by atoms with Gasteiger partial charge in [0.25, 0.3) is 5.91 Å². The molecule has 2 N–H and O–H groups in total. The van der Waals surface area contributed by atoms with E-state index in [2.05, 4.69) is 5.32 Å². The molecule has 2 unspecified atom stereocenters. The summed E-state index contributed by atoms with van der Waals surface area (Å²) in [4.78, 5) is 14.4. The van der Waals surface area contributed by atoms with E-state index < -0.39 is 6.10 Å². The molecule has 1 amide bonds. The maximum Gasteiger partial charge on any atom is 0.251 e. The first-order valence-corrected chi connectivity index (χ1v) is 7.40. The third kappa shape index (κ3) is 2.70. The summed E-state index contributed by atoms with van der Waals surface area (Å²) in [5, 5.41) is 13.1. The molecule has 0 saturated carbocycles. The number of rotatable bonds is 3. The van der Waals surface area contributed by atoms with E-state index in [1.165, 1.54) is 0 Å². The molecule has 1 aliphatic rings. The van der Waals surface area contributed by atoms with Crippen LogP contribution in [0.2, 0.25) is 0 Å². The van der Waals surface area contributed by atoms with Gasteiger partial charge < -0.3 is 15.3 Å². The number of carbonyl (C=O) groups is 1. The van der Waals surface area contributed by atoms with E-state index in [0.717, 1.165) is 16.8 Å². The molecule has 4 heteroatoms. The number of aliphatic hydroxyl groups is 1. The molecule has 0 spiro atoms. The largest absolute Gasteiger partial charge is 0.390 e. The van der Waals surface area contributed by atoms with Crippen molar-refractivity contribution < 1.29 is 9.90 Å². The molecule has 0 fully saturated rings. The van der Waals surface area contributed by atoms with Gasteiger partial charge in [-0.1, -0.05) is 24.3 Å². The molecule has 0 aromatic heterocycles. The van der Waals surface area contributed by atoms with Crippen molar-refractivity contribution in [1.29, 1.82) is 0 Å². The lowest BCUT2D eigenvalue weighted by atomic mass is 10.1. The molecular weight excluding hydrogens is 276 g/mol. The summed E-state index contributed by atoms with van der Waals surface area (Å²) in [6.07, 6.45) is 0.0168. The fraction of sp³-hybridized carbons (Fsp3) is 0.278. The second kappa shape index (κ2) is 5.81. The lowest BCUT2D eigenvalue weighted by Gasteiger charge is -2.18. The summed E-state index contributed by atoms with van der Waals surface area (Å²) in [6.45, 7) is 0. The summed E-state index contributed by atoms with van der Waals surface area (Å²) in [6, 6.07) is 14.9. The van der Waals surface area contributed by atoms with E-state index in [-0.39, 0.29) is 11.9 Å². The zero-order valence-corrected chi connectivity index (χ0v) is 12.8.